The summed E-state index contributed by atoms with van der Waals surface area (Å²) in [7, 11) is 0. The van der Waals surface area contributed by atoms with Gasteiger partial charge in [0, 0.05) is 23.5 Å². The number of fused-ring (bicyclic) bond motifs is 1. The van der Waals surface area contributed by atoms with Crippen LogP contribution in [0.25, 0.3) is 10.9 Å². The Morgan fingerprint density at radius 1 is 1.40 bits per heavy atom. The van der Waals surface area contributed by atoms with Gasteiger partial charge in [0.05, 0.1) is 6.61 Å². The van der Waals surface area contributed by atoms with Gasteiger partial charge in [0.25, 0.3) is 0 Å². The number of H-pyrrole nitrogens is 1. The summed E-state index contributed by atoms with van der Waals surface area (Å²) >= 11 is 5.13. The molecule has 0 aliphatic rings. The minimum atomic E-state index is 0.640. The second-order valence-corrected chi connectivity index (χ2v) is 3.80. The highest BCUT2D eigenvalue weighted by atomic mass is 32.1. The number of hydrogen-bond donors (Lipinski definition) is 1. The van der Waals surface area contributed by atoms with E-state index in [2.05, 4.69) is 17.1 Å². The zero-order valence-corrected chi connectivity index (χ0v) is 9.43. The van der Waals surface area contributed by atoms with E-state index >= 15 is 0 Å². The number of aromatic nitrogens is 1. The molecule has 78 valence electrons. The molecule has 0 bridgehead atoms. The van der Waals surface area contributed by atoms with Crippen molar-refractivity contribution in [1.29, 1.82) is 0 Å². The predicted molar refractivity (Wildman–Crippen MR) is 66.2 cm³/mol. The number of thiocarbonyl (C=S) groups is 1. The molecule has 0 aliphatic heterocycles. The molecule has 0 spiro atoms. The topological polar surface area (TPSA) is 25.0 Å². The van der Waals surface area contributed by atoms with Crippen molar-refractivity contribution in [2.24, 2.45) is 0 Å². The Morgan fingerprint density at radius 2 is 2.20 bits per heavy atom. The largest absolute Gasteiger partial charge is 0.487 e. The van der Waals surface area contributed by atoms with Crippen LogP contribution in [0.1, 0.15) is 12.5 Å². The van der Waals surface area contributed by atoms with Gasteiger partial charge in [-0.2, -0.15) is 0 Å². The Bertz CT molecular complexity index is 475. The molecule has 1 aromatic heterocycles. The van der Waals surface area contributed by atoms with Gasteiger partial charge in [0.15, 0.2) is 5.05 Å². The maximum Gasteiger partial charge on any atom is 0.164 e. The van der Waals surface area contributed by atoms with Gasteiger partial charge in [0.2, 0.25) is 0 Å². The fraction of sp³-hybridized carbons (Fsp3) is 0.250. The van der Waals surface area contributed by atoms with Crippen molar-refractivity contribution in [3.8, 4) is 0 Å². The average molecular weight is 219 g/mol. The van der Waals surface area contributed by atoms with Gasteiger partial charge in [-0.15, -0.1) is 0 Å². The zero-order chi connectivity index (χ0) is 10.7. The normalized spacial score (nSPS) is 10.5. The fourth-order valence-corrected chi connectivity index (χ4v) is 1.92. The van der Waals surface area contributed by atoms with Gasteiger partial charge >= 0.3 is 0 Å². The third-order valence-corrected chi connectivity index (χ3v) is 2.58. The van der Waals surface area contributed by atoms with Crippen LogP contribution in [0.5, 0.6) is 0 Å². The maximum atomic E-state index is 5.28. The van der Waals surface area contributed by atoms with E-state index in [4.69, 9.17) is 17.0 Å². The summed E-state index contributed by atoms with van der Waals surface area (Å²) in [5.74, 6) is 0. The first-order valence-corrected chi connectivity index (χ1v) is 5.42. The molecule has 0 unspecified atom stereocenters. The lowest BCUT2D eigenvalue weighted by atomic mass is 10.1. The lowest BCUT2D eigenvalue weighted by Gasteiger charge is -2.03. The van der Waals surface area contributed by atoms with Crippen LogP contribution in [-0.4, -0.2) is 16.6 Å². The molecule has 0 amide bonds. The lowest BCUT2D eigenvalue weighted by molar-refractivity contribution is 0.330. The number of benzene rings is 1. The summed E-state index contributed by atoms with van der Waals surface area (Å²) in [4.78, 5) is 3.22. The first kappa shape index (κ1) is 10.2. The van der Waals surface area contributed by atoms with Crippen molar-refractivity contribution in [2.75, 3.05) is 6.61 Å². The Labute approximate surface area is 94.3 Å². The molecule has 0 atom stereocenters. The van der Waals surface area contributed by atoms with Crippen molar-refractivity contribution in [3.63, 3.8) is 0 Å². The second-order valence-electron chi connectivity index (χ2n) is 3.34. The van der Waals surface area contributed by atoms with Crippen molar-refractivity contribution in [3.05, 3.63) is 36.0 Å². The molecular weight excluding hydrogens is 206 g/mol. The number of ether oxygens (including phenoxy) is 1. The SMILES string of the molecule is CCOC(=S)Cc1c[nH]c2ccccc12. The summed E-state index contributed by atoms with van der Waals surface area (Å²) < 4.78 is 5.28. The Morgan fingerprint density at radius 3 is 3.00 bits per heavy atom. The molecule has 3 heteroatoms. The minimum absolute atomic E-state index is 0.640. The molecule has 0 radical (unpaired) electrons. The maximum absolute atomic E-state index is 5.28. The number of aromatic amines is 1. The van der Waals surface area contributed by atoms with Gasteiger partial charge in [0.1, 0.15) is 0 Å². The van der Waals surface area contributed by atoms with Gasteiger partial charge < -0.3 is 9.72 Å². The minimum Gasteiger partial charge on any atom is -0.487 e. The third-order valence-electron chi connectivity index (χ3n) is 2.32. The number of para-hydroxylation sites is 1. The Kier molecular flexibility index (Phi) is 3.02. The van der Waals surface area contributed by atoms with Gasteiger partial charge in [-0.25, -0.2) is 0 Å². The summed E-state index contributed by atoms with van der Waals surface area (Å²) in [5.41, 5.74) is 2.34. The summed E-state index contributed by atoms with van der Waals surface area (Å²) in [6.45, 7) is 2.59. The standard InChI is InChI=1S/C12H13NOS/c1-2-14-12(15)7-9-8-13-11-6-4-3-5-10(9)11/h3-6,8,13H,2,7H2,1H3. The first-order chi connectivity index (χ1) is 7.31. The van der Waals surface area contributed by atoms with Crippen molar-refractivity contribution in [1.82, 2.24) is 4.98 Å². The van der Waals surface area contributed by atoms with E-state index in [-0.39, 0.29) is 0 Å². The number of nitrogens with one attached hydrogen (secondary N) is 1. The van der Waals surface area contributed by atoms with Crippen molar-refractivity contribution < 1.29 is 4.74 Å². The molecule has 15 heavy (non-hydrogen) atoms. The molecule has 1 heterocycles. The molecule has 2 nitrogen and oxygen atoms in total. The summed E-state index contributed by atoms with van der Waals surface area (Å²) in [6, 6.07) is 8.20. The fourth-order valence-electron chi connectivity index (χ4n) is 1.65. The van der Waals surface area contributed by atoms with Gasteiger partial charge in [-0.05, 0) is 30.8 Å². The van der Waals surface area contributed by atoms with Crippen LogP contribution in [0.15, 0.2) is 30.5 Å². The van der Waals surface area contributed by atoms with E-state index in [1.54, 1.807) is 0 Å². The molecule has 2 rings (SSSR count). The van der Waals surface area contributed by atoms with E-state index in [1.165, 1.54) is 10.9 Å². The summed E-state index contributed by atoms with van der Waals surface area (Å²) in [5, 5.41) is 1.88. The Balaban J connectivity index is 2.25. The van der Waals surface area contributed by atoms with E-state index < -0.39 is 0 Å². The van der Waals surface area contributed by atoms with Crippen LogP contribution in [0.2, 0.25) is 0 Å². The van der Waals surface area contributed by atoms with E-state index in [0.29, 0.717) is 18.1 Å². The highest BCUT2D eigenvalue weighted by Crippen LogP contribution is 2.18. The number of rotatable bonds is 3. The van der Waals surface area contributed by atoms with E-state index in [9.17, 15) is 0 Å². The van der Waals surface area contributed by atoms with Crippen molar-refractivity contribution >= 4 is 28.2 Å². The van der Waals surface area contributed by atoms with Gasteiger partial charge in [-0.3, -0.25) is 0 Å². The smallest absolute Gasteiger partial charge is 0.164 e. The van der Waals surface area contributed by atoms with Crippen LogP contribution in [0.3, 0.4) is 0 Å². The third kappa shape index (κ3) is 2.18. The van der Waals surface area contributed by atoms with Crippen LogP contribution in [-0.2, 0) is 11.2 Å². The quantitative estimate of drug-likeness (QED) is 0.802. The molecule has 1 aromatic carbocycles. The molecular formula is C12H13NOS. The molecule has 1 N–H and O–H groups in total. The highest BCUT2D eigenvalue weighted by molar-refractivity contribution is 7.80. The summed E-state index contributed by atoms with van der Waals surface area (Å²) in [6.07, 6.45) is 2.70. The lowest BCUT2D eigenvalue weighted by Crippen LogP contribution is -2.04. The van der Waals surface area contributed by atoms with E-state index in [1.807, 2.05) is 25.3 Å². The van der Waals surface area contributed by atoms with Crippen LogP contribution >= 0.6 is 12.2 Å². The van der Waals surface area contributed by atoms with Crippen molar-refractivity contribution in [2.45, 2.75) is 13.3 Å². The predicted octanol–water partition coefficient (Wildman–Crippen LogP) is 3.07. The van der Waals surface area contributed by atoms with Gasteiger partial charge in [-0.1, -0.05) is 18.2 Å². The van der Waals surface area contributed by atoms with Crippen LogP contribution in [0, 0.1) is 0 Å². The Hall–Kier alpha value is -1.35. The zero-order valence-electron chi connectivity index (χ0n) is 8.62. The second kappa shape index (κ2) is 4.45. The molecule has 0 fully saturated rings. The average Bonchev–Trinajstić information content (AvgIpc) is 2.62. The highest BCUT2D eigenvalue weighted by Gasteiger charge is 2.05. The molecule has 0 saturated carbocycles. The van der Waals surface area contributed by atoms with Crippen LogP contribution < -0.4 is 0 Å². The van der Waals surface area contributed by atoms with E-state index in [0.717, 1.165) is 5.52 Å². The number of hydrogen-bond acceptors (Lipinski definition) is 2. The molecule has 0 saturated heterocycles. The molecule has 2 aromatic rings. The monoisotopic (exact) mass is 219 g/mol. The van der Waals surface area contributed by atoms with Crippen LogP contribution in [0.4, 0.5) is 0 Å². The molecule has 0 aliphatic carbocycles. The first-order valence-electron chi connectivity index (χ1n) is 5.02.